The average Bonchev–Trinajstić information content (AvgIpc) is 2.69. The van der Waals surface area contributed by atoms with E-state index in [0.717, 1.165) is 11.1 Å². The van der Waals surface area contributed by atoms with Crippen LogP contribution >= 0.6 is 0 Å². The van der Waals surface area contributed by atoms with E-state index in [9.17, 15) is 19.8 Å². The number of benzene rings is 2. The lowest BCUT2D eigenvalue weighted by Gasteiger charge is -2.29. The van der Waals surface area contributed by atoms with Crippen molar-refractivity contribution in [3.8, 4) is 0 Å². The molecule has 0 spiro atoms. The lowest BCUT2D eigenvalue weighted by molar-refractivity contribution is -0.167. The van der Waals surface area contributed by atoms with Crippen LogP contribution in [0.1, 0.15) is 11.1 Å². The van der Waals surface area contributed by atoms with Gasteiger partial charge in [-0.25, -0.2) is 0 Å². The van der Waals surface area contributed by atoms with Crippen LogP contribution in [0, 0.1) is 0 Å². The molecule has 0 aliphatic carbocycles. The second-order valence-electron chi connectivity index (χ2n) is 6.22. The number of hydrogen-bond acceptors (Lipinski definition) is 6. The molecule has 0 fully saturated rings. The predicted octanol–water partition coefficient (Wildman–Crippen LogP) is -0.150. The molecule has 0 radical (unpaired) electrons. The first-order valence-electron chi connectivity index (χ1n) is 8.66. The van der Waals surface area contributed by atoms with Crippen LogP contribution in [0.4, 0.5) is 0 Å². The summed E-state index contributed by atoms with van der Waals surface area (Å²) < 4.78 is 10.7. The lowest BCUT2D eigenvalue weighted by Crippen LogP contribution is -2.54. The Hall–Kier alpha value is -2.78. The van der Waals surface area contributed by atoms with Crippen LogP contribution in [-0.4, -0.2) is 46.4 Å². The third-order valence-corrected chi connectivity index (χ3v) is 4.08. The molecule has 0 bridgehead atoms. The largest absolute Gasteiger partial charge is 0.387 e. The fraction of sp³-hybridized carbons (Fsp3) is 0.300. The minimum absolute atomic E-state index is 0.0235. The number of amides is 2. The molecule has 0 aliphatic heterocycles. The Balaban J connectivity index is 2.03. The number of hydrogen-bond donors (Lipinski definition) is 4. The quantitative estimate of drug-likeness (QED) is 0.421. The van der Waals surface area contributed by atoms with Gasteiger partial charge in [0.1, 0.15) is 12.2 Å². The van der Waals surface area contributed by atoms with E-state index in [1.807, 2.05) is 12.1 Å². The number of primary amides is 2. The maximum absolute atomic E-state index is 11.7. The van der Waals surface area contributed by atoms with Crippen molar-refractivity contribution < 1.29 is 29.3 Å². The van der Waals surface area contributed by atoms with Gasteiger partial charge in [0.15, 0.2) is 12.2 Å². The van der Waals surface area contributed by atoms with E-state index in [4.69, 9.17) is 20.9 Å². The Bertz CT molecular complexity index is 690. The van der Waals surface area contributed by atoms with Gasteiger partial charge in [-0.2, -0.15) is 0 Å². The number of ether oxygens (including phenoxy) is 2. The van der Waals surface area contributed by atoms with Crippen molar-refractivity contribution in [3.05, 3.63) is 71.8 Å². The van der Waals surface area contributed by atoms with Crippen LogP contribution in [0.15, 0.2) is 60.7 Å². The van der Waals surface area contributed by atoms with E-state index in [0.29, 0.717) is 0 Å². The van der Waals surface area contributed by atoms with E-state index in [1.54, 1.807) is 48.5 Å². The molecule has 0 unspecified atom stereocenters. The molecule has 150 valence electrons. The average molecular weight is 388 g/mol. The van der Waals surface area contributed by atoms with Gasteiger partial charge in [0.25, 0.3) is 0 Å². The molecule has 2 aromatic rings. The minimum Gasteiger partial charge on any atom is -0.387 e. The molecule has 4 atom stereocenters. The summed E-state index contributed by atoms with van der Waals surface area (Å²) in [5, 5.41) is 20.8. The smallest absolute Gasteiger partial charge is 0.249 e. The highest BCUT2D eigenvalue weighted by Gasteiger charge is 2.39. The molecule has 8 heteroatoms. The Morgan fingerprint density at radius 2 is 1.04 bits per heavy atom. The maximum atomic E-state index is 11.7. The molecule has 0 aliphatic rings. The first-order valence-corrected chi connectivity index (χ1v) is 8.66. The van der Waals surface area contributed by atoms with E-state index < -0.39 is 36.2 Å². The topological polar surface area (TPSA) is 145 Å². The standard InChI is InChI=1S/C20H24N2O6/c21-19(25)17(27-11-13-7-3-1-4-8-13)15(23)16(24)18(20(22)26)28-12-14-9-5-2-6-10-14/h1-10,15-18,23-24H,11-12H2,(H2,21,25)(H2,22,26)/t15-,16-,17+,18+/m0/s1. The van der Waals surface area contributed by atoms with Crippen LogP contribution in [0.25, 0.3) is 0 Å². The Kier molecular flexibility index (Phi) is 8.09. The molecule has 0 saturated heterocycles. The van der Waals surface area contributed by atoms with Gasteiger partial charge in [-0.15, -0.1) is 0 Å². The molecule has 0 saturated carbocycles. The van der Waals surface area contributed by atoms with E-state index in [2.05, 4.69) is 0 Å². The Morgan fingerprint density at radius 1 is 0.714 bits per heavy atom. The summed E-state index contributed by atoms with van der Waals surface area (Å²) in [6, 6.07) is 17.8. The Labute approximate surface area is 162 Å². The van der Waals surface area contributed by atoms with E-state index in [1.165, 1.54) is 0 Å². The van der Waals surface area contributed by atoms with Gasteiger partial charge in [-0.05, 0) is 11.1 Å². The SMILES string of the molecule is NC(=O)[C@H](OCc1ccccc1)[C@@H](O)[C@H](O)[C@@H](OCc1ccccc1)C(N)=O. The third-order valence-electron chi connectivity index (χ3n) is 4.08. The van der Waals surface area contributed by atoms with Gasteiger partial charge in [-0.1, -0.05) is 60.7 Å². The van der Waals surface area contributed by atoms with Gasteiger partial charge in [0.05, 0.1) is 13.2 Å². The van der Waals surface area contributed by atoms with Crippen LogP contribution in [0.2, 0.25) is 0 Å². The molecule has 2 aromatic carbocycles. The summed E-state index contributed by atoms with van der Waals surface area (Å²) in [5.74, 6) is -1.98. The van der Waals surface area contributed by atoms with Crippen LogP contribution in [0.5, 0.6) is 0 Å². The van der Waals surface area contributed by atoms with Crippen molar-refractivity contribution >= 4 is 11.8 Å². The molecular weight excluding hydrogens is 364 g/mol. The number of carbonyl (C=O) groups excluding carboxylic acids is 2. The molecule has 8 nitrogen and oxygen atoms in total. The van der Waals surface area contributed by atoms with Crippen LogP contribution < -0.4 is 11.5 Å². The summed E-state index contributed by atoms with van der Waals surface area (Å²) in [7, 11) is 0. The highest BCUT2D eigenvalue weighted by molar-refractivity contribution is 5.81. The van der Waals surface area contributed by atoms with Gasteiger partial charge >= 0.3 is 0 Å². The lowest BCUT2D eigenvalue weighted by atomic mass is 10.0. The summed E-state index contributed by atoms with van der Waals surface area (Å²) in [5.41, 5.74) is 12.1. The van der Waals surface area contributed by atoms with Crippen molar-refractivity contribution in [3.63, 3.8) is 0 Å². The molecule has 28 heavy (non-hydrogen) atoms. The maximum Gasteiger partial charge on any atom is 0.249 e. The summed E-state index contributed by atoms with van der Waals surface area (Å²) in [6.07, 6.45) is -6.74. The van der Waals surface area contributed by atoms with Gasteiger partial charge in [0, 0.05) is 0 Å². The van der Waals surface area contributed by atoms with Crippen molar-refractivity contribution in [1.82, 2.24) is 0 Å². The zero-order valence-electron chi connectivity index (χ0n) is 15.2. The monoisotopic (exact) mass is 388 g/mol. The molecule has 6 N–H and O–H groups in total. The predicted molar refractivity (Wildman–Crippen MR) is 100 cm³/mol. The van der Waals surface area contributed by atoms with E-state index >= 15 is 0 Å². The number of aliphatic hydroxyl groups is 2. The summed E-state index contributed by atoms with van der Waals surface area (Å²) in [4.78, 5) is 23.4. The highest BCUT2D eigenvalue weighted by atomic mass is 16.5. The molecular formula is C20H24N2O6. The number of aliphatic hydroxyl groups excluding tert-OH is 2. The van der Waals surface area contributed by atoms with Gasteiger partial charge in [-0.3, -0.25) is 9.59 Å². The third kappa shape index (κ3) is 6.14. The van der Waals surface area contributed by atoms with Gasteiger partial charge in [0.2, 0.25) is 11.8 Å². The number of rotatable bonds is 11. The zero-order chi connectivity index (χ0) is 20.5. The first-order chi connectivity index (χ1) is 13.4. The first kappa shape index (κ1) is 21.5. The van der Waals surface area contributed by atoms with Crippen molar-refractivity contribution in [2.45, 2.75) is 37.6 Å². The van der Waals surface area contributed by atoms with Crippen molar-refractivity contribution in [1.29, 1.82) is 0 Å². The molecule has 0 aromatic heterocycles. The molecule has 0 heterocycles. The van der Waals surface area contributed by atoms with Crippen LogP contribution in [-0.2, 0) is 32.3 Å². The second-order valence-corrected chi connectivity index (χ2v) is 6.22. The summed E-state index contributed by atoms with van der Waals surface area (Å²) >= 11 is 0. The zero-order valence-corrected chi connectivity index (χ0v) is 15.2. The number of nitrogens with two attached hydrogens (primary N) is 2. The van der Waals surface area contributed by atoms with E-state index in [-0.39, 0.29) is 13.2 Å². The van der Waals surface area contributed by atoms with Crippen LogP contribution in [0.3, 0.4) is 0 Å². The van der Waals surface area contributed by atoms with Crippen molar-refractivity contribution in [2.75, 3.05) is 0 Å². The summed E-state index contributed by atoms with van der Waals surface area (Å²) in [6.45, 7) is -0.0469. The van der Waals surface area contributed by atoms with Gasteiger partial charge < -0.3 is 31.2 Å². The normalized spacial score (nSPS) is 15.4. The minimum atomic E-state index is -1.81. The molecule has 2 amide bonds. The fourth-order valence-corrected chi connectivity index (χ4v) is 2.58. The van der Waals surface area contributed by atoms with Crippen molar-refractivity contribution in [2.24, 2.45) is 11.5 Å². The highest BCUT2D eigenvalue weighted by Crippen LogP contribution is 2.15. The second kappa shape index (κ2) is 10.5. The fourth-order valence-electron chi connectivity index (χ4n) is 2.58. The Morgan fingerprint density at radius 3 is 1.32 bits per heavy atom. The molecule has 2 rings (SSSR count). The number of carbonyl (C=O) groups is 2.